The minimum atomic E-state index is -0.0799. The van der Waals surface area contributed by atoms with Crippen LogP contribution in [0, 0.1) is 12.7 Å². The highest BCUT2D eigenvalue weighted by Gasteiger charge is 2.21. The number of nitrogens with zero attached hydrogens (tertiary/aromatic N) is 1. The second-order valence-corrected chi connectivity index (χ2v) is 5.10. The van der Waals surface area contributed by atoms with E-state index in [0.717, 1.165) is 50.1 Å². The second kappa shape index (κ2) is 6.30. The van der Waals surface area contributed by atoms with Crippen LogP contribution in [0.3, 0.4) is 0 Å². The van der Waals surface area contributed by atoms with E-state index in [4.69, 9.17) is 0 Å². The highest BCUT2D eigenvalue weighted by atomic mass is 19.1. The number of hydrogen-bond acceptors (Lipinski definition) is 2. The van der Waals surface area contributed by atoms with Gasteiger partial charge in [-0.05, 0) is 30.5 Å². The molecule has 0 saturated carbocycles. The Bertz CT molecular complexity index is 386. The lowest BCUT2D eigenvalue weighted by atomic mass is 9.98. The molecule has 0 spiro atoms. The van der Waals surface area contributed by atoms with Crippen LogP contribution in [0.25, 0.3) is 0 Å². The van der Waals surface area contributed by atoms with Crippen molar-refractivity contribution in [2.45, 2.75) is 32.7 Å². The van der Waals surface area contributed by atoms with Crippen LogP contribution in [0.5, 0.6) is 0 Å². The molecule has 1 saturated heterocycles. The maximum Gasteiger partial charge on any atom is 0.126 e. The lowest BCUT2D eigenvalue weighted by Crippen LogP contribution is -2.45. The molecule has 2 nitrogen and oxygen atoms in total. The van der Waals surface area contributed by atoms with Crippen molar-refractivity contribution in [2.24, 2.45) is 0 Å². The average molecular weight is 250 g/mol. The third kappa shape index (κ3) is 3.09. The molecule has 1 aromatic rings. The van der Waals surface area contributed by atoms with E-state index >= 15 is 0 Å². The Morgan fingerprint density at radius 1 is 1.33 bits per heavy atom. The van der Waals surface area contributed by atoms with Crippen LogP contribution in [0.1, 0.15) is 36.9 Å². The first-order valence-electron chi connectivity index (χ1n) is 6.93. The monoisotopic (exact) mass is 250 g/mol. The fourth-order valence-corrected chi connectivity index (χ4v) is 2.64. The van der Waals surface area contributed by atoms with E-state index in [2.05, 4.69) is 23.2 Å². The Kier molecular flexibility index (Phi) is 4.72. The first-order valence-corrected chi connectivity index (χ1v) is 6.93. The number of hydrogen-bond donors (Lipinski definition) is 1. The first-order chi connectivity index (χ1) is 8.72. The predicted molar refractivity (Wildman–Crippen MR) is 73.2 cm³/mol. The lowest BCUT2D eigenvalue weighted by Gasteiger charge is -2.35. The van der Waals surface area contributed by atoms with E-state index in [1.807, 2.05) is 13.0 Å². The predicted octanol–water partition coefficient (Wildman–Crippen LogP) is 2.88. The lowest BCUT2D eigenvalue weighted by molar-refractivity contribution is 0.164. The number of rotatable bonds is 4. The highest BCUT2D eigenvalue weighted by Crippen LogP contribution is 2.27. The quantitative estimate of drug-likeness (QED) is 0.884. The molecule has 0 radical (unpaired) electrons. The van der Waals surface area contributed by atoms with Gasteiger partial charge in [-0.2, -0.15) is 0 Å². The van der Waals surface area contributed by atoms with Crippen LogP contribution in [0.4, 0.5) is 4.39 Å². The Hall–Kier alpha value is -0.930. The SMILES string of the molecule is CCC[C@H](c1ccc(C)c(F)c1)N1CCNCC1. The van der Waals surface area contributed by atoms with Crippen molar-refractivity contribution in [3.05, 3.63) is 35.1 Å². The van der Waals surface area contributed by atoms with E-state index < -0.39 is 0 Å². The molecule has 2 rings (SSSR count). The van der Waals surface area contributed by atoms with Crippen molar-refractivity contribution in [1.82, 2.24) is 10.2 Å². The van der Waals surface area contributed by atoms with Gasteiger partial charge in [-0.15, -0.1) is 0 Å². The summed E-state index contributed by atoms with van der Waals surface area (Å²) < 4.78 is 13.7. The molecule has 1 aliphatic heterocycles. The summed E-state index contributed by atoms with van der Waals surface area (Å²) >= 11 is 0. The van der Waals surface area contributed by atoms with Crippen molar-refractivity contribution in [3.8, 4) is 0 Å². The van der Waals surface area contributed by atoms with Gasteiger partial charge >= 0.3 is 0 Å². The van der Waals surface area contributed by atoms with Crippen molar-refractivity contribution in [3.63, 3.8) is 0 Å². The summed E-state index contributed by atoms with van der Waals surface area (Å²) in [5.74, 6) is -0.0799. The van der Waals surface area contributed by atoms with Crippen LogP contribution in [0.15, 0.2) is 18.2 Å². The van der Waals surface area contributed by atoms with E-state index in [1.54, 1.807) is 6.07 Å². The molecule has 0 amide bonds. The van der Waals surface area contributed by atoms with Gasteiger partial charge in [-0.25, -0.2) is 4.39 Å². The molecule has 1 heterocycles. The van der Waals surface area contributed by atoms with Crippen LogP contribution >= 0.6 is 0 Å². The summed E-state index contributed by atoms with van der Waals surface area (Å²) in [5, 5.41) is 3.37. The molecule has 1 fully saturated rings. The van der Waals surface area contributed by atoms with Gasteiger partial charge in [0, 0.05) is 32.2 Å². The summed E-state index contributed by atoms with van der Waals surface area (Å²) in [4.78, 5) is 2.48. The van der Waals surface area contributed by atoms with Crippen molar-refractivity contribution < 1.29 is 4.39 Å². The summed E-state index contributed by atoms with van der Waals surface area (Å²) in [6.45, 7) is 8.20. The van der Waals surface area contributed by atoms with E-state index in [9.17, 15) is 4.39 Å². The fraction of sp³-hybridized carbons (Fsp3) is 0.600. The molecule has 0 aliphatic carbocycles. The summed E-state index contributed by atoms with van der Waals surface area (Å²) in [6, 6.07) is 6.07. The van der Waals surface area contributed by atoms with Gasteiger partial charge in [-0.3, -0.25) is 4.90 Å². The molecule has 1 aromatic carbocycles. The largest absolute Gasteiger partial charge is 0.314 e. The third-order valence-corrected chi connectivity index (χ3v) is 3.74. The molecule has 1 atom stereocenters. The fourth-order valence-electron chi connectivity index (χ4n) is 2.64. The van der Waals surface area contributed by atoms with E-state index in [1.165, 1.54) is 0 Å². The summed E-state index contributed by atoms with van der Waals surface area (Å²) in [5.41, 5.74) is 1.86. The normalized spacial score (nSPS) is 18.8. The number of nitrogens with one attached hydrogen (secondary N) is 1. The van der Waals surface area contributed by atoms with Crippen LogP contribution in [0.2, 0.25) is 0 Å². The molecule has 100 valence electrons. The molecular formula is C15H23FN2. The number of aryl methyl sites for hydroxylation is 1. The molecule has 1 aliphatic rings. The van der Waals surface area contributed by atoms with Crippen LogP contribution in [-0.4, -0.2) is 31.1 Å². The van der Waals surface area contributed by atoms with Gasteiger partial charge in [0.2, 0.25) is 0 Å². The van der Waals surface area contributed by atoms with E-state index in [0.29, 0.717) is 6.04 Å². The third-order valence-electron chi connectivity index (χ3n) is 3.74. The van der Waals surface area contributed by atoms with Gasteiger partial charge in [0.1, 0.15) is 5.82 Å². The minimum Gasteiger partial charge on any atom is -0.314 e. The Balaban J connectivity index is 2.19. The van der Waals surface area contributed by atoms with Crippen LogP contribution in [-0.2, 0) is 0 Å². The van der Waals surface area contributed by atoms with Gasteiger partial charge in [-0.1, -0.05) is 25.5 Å². The zero-order chi connectivity index (χ0) is 13.0. The Morgan fingerprint density at radius 3 is 2.67 bits per heavy atom. The van der Waals surface area contributed by atoms with Crippen LogP contribution < -0.4 is 5.32 Å². The van der Waals surface area contributed by atoms with Gasteiger partial charge < -0.3 is 5.32 Å². The van der Waals surface area contributed by atoms with Crippen molar-refractivity contribution >= 4 is 0 Å². The van der Waals surface area contributed by atoms with Crippen molar-refractivity contribution in [2.75, 3.05) is 26.2 Å². The molecule has 0 bridgehead atoms. The maximum atomic E-state index is 13.7. The molecule has 0 unspecified atom stereocenters. The zero-order valence-electron chi connectivity index (χ0n) is 11.4. The zero-order valence-corrected chi connectivity index (χ0v) is 11.4. The van der Waals surface area contributed by atoms with Gasteiger partial charge in [0.15, 0.2) is 0 Å². The molecule has 3 heteroatoms. The molecule has 1 N–H and O–H groups in total. The molecular weight excluding hydrogens is 227 g/mol. The van der Waals surface area contributed by atoms with Gasteiger partial charge in [0.05, 0.1) is 0 Å². The number of halogens is 1. The minimum absolute atomic E-state index is 0.0799. The number of piperazine rings is 1. The summed E-state index contributed by atoms with van der Waals surface area (Å²) in [6.07, 6.45) is 2.23. The number of benzene rings is 1. The van der Waals surface area contributed by atoms with E-state index in [-0.39, 0.29) is 5.82 Å². The van der Waals surface area contributed by atoms with Gasteiger partial charge in [0.25, 0.3) is 0 Å². The molecule has 18 heavy (non-hydrogen) atoms. The average Bonchev–Trinajstić information content (AvgIpc) is 2.40. The first kappa shape index (κ1) is 13.5. The standard InChI is InChI=1S/C15H23FN2/c1-3-4-15(18-9-7-17-8-10-18)13-6-5-12(2)14(16)11-13/h5-6,11,15,17H,3-4,7-10H2,1-2H3/t15-/m1/s1. The summed E-state index contributed by atoms with van der Waals surface area (Å²) in [7, 11) is 0. The maximum absolute atomic E-state index is 13.7. The molecule has 0 aromatic heterocycles. The van der Waals surface area contributed by atoms with Crippen molar-refractivity contribution in [1.29, 1.82) is 0 Å². The topological polar surface area (TPSA) is 15.3 Å². The second-order valence-electron chi connectivity index (χ2n) is 5.10. The smallest absolute Gasteiger partial charge is 0.126 e. The highest BCUT2D eigenvalue weighted by molar-refractivity contribution is 5.26. The Labute approximate surface area is 109 Å². The Morgan fingerprint density at radius 2 is 2.06 bits per heavy atom.